The lowest BCUT2D eigenvalue weighted by molar-refractivity contribution is -0.138. The van der Waals surface area contributed by atoms with E-state index >= 15 is 0 Å². The van der Waals surface area contributed by atoms with Gasteiger partial charge < -0.3 is 20.6 Å². The van der Waals surface area contributed by atoms with Crippen molar-refractivity contribution in [3.8, 4) is 0 Å². The van der Waals surface area contributed by atoms with Crippen LogP contribution in [0.4, 0.5) is 4.79 Å². The third-order valence-corrected chi connectivity index (χ3v) is 3.14. The number of carbonyl (C=O) groups is 2. The van der Waals surface area contributed by atoms with E-state index in [4.69, 9.17) is 5.11 Å². The highest BCUT2D eigenvalue weighted by atomic mass is 16.4. The van der Waals surface area contributed by atoms with Gasteiger partial charge in [-0.3, -0.25) is 4.79 Å². The third kappa shape index (κ3) is 10.6. The summed E-state index contributed by atoms with van der Waals surface area (Å²) in [6.07, 6.45) is 0.891. The quantitative estimate of drug-likeness (QED) is 0.567. The molecule has 0 aromatic rings. The molecule has 0 aliphatic rings. The van der Waals surface area contributed by atoms with Crippen molar-refractivity contribution < 1.29 is 14.7 Å². The Hall–Kier alpha value is -1.30. The van der Waals surface area contributed by atoms with Crippen LogP contribution in [0.2, 0.25) is 0 Å². The van der Waals surface area contributed by atoms with Crippen LogP contribution in [0.3, 0.4) is 0 Å². The maximum Gasteiger partial charge on any atom is 0.314 e. The molecule has 1 atom stereocenters. The van der Waals surface area contributed by atoms with Crippen LogP contribution in [0.5, 0.6) is 0 Å². The molecule has 0 rings (SSSR count). The van der Waals surface area contributed by atoms with Crippen LogP contribution in [-0.2, 0) is 4.79 Å². The third-order valence-electron chi connectivity index (χ3n) is 3.14. The Balaban J connectivity index is 3.94. The summed E-state index contributed by atoms with van der Waals surface area (Å²) in [7, 11) is 1.99. The number of hydrogen-bond donors (Lipinski definition) is 3. The van der Waals surface area contributed by atoms with Crippen molar-refractivity contribution in [2.24, 2.45) is 11.8 Å². The number of rotatable bonds is 10. The normalized spacial score (nSPS) is 12.5. The predicted octanol–water partition coefficient (Wildman–Crippen LogP) is 1.37. The molecule has 0 radical (unpaired) electrons. The van der Waals surface area contributed by atoms with E-state index in [2.05, 4.69) is 36.3 Å². The van der Waals surface area contributed by atoms with E-state index in [0.29, 0.717) is 19.0 Å². The van der Waals surface area contributed by atoms with E-state index in [1.54, 1.807) is 0 Å². The zero-order valence-corrected chi connectivity index (χ0v) is 13.1. The van der Waals surface area contributed by atoms with Crippen LogP contribution in [0.15, 0.2) is 0 Å². The highest BCUT2D eigenvalue weighted by Crippen LogP contribution is 2.14. The molecule has 0 fully saturated rings. The van der Waals surface area contributed by atoms with Gasteiger partial charge in [-0.1, -0.05) is 20.8 Å². The van der Waals surface area contributed by atoms with Gasteiger partial charge in [0, 0.05) is 26.1 Å². The average Bonchev–Trinajstić information content (AvgIpc) is 2.34. The van der Waals surface area contributed by atoms with Crippen molar-refractivity contribution in [1.82, 2.24) is 15.5 Å². The molecular weight excluding hydrogens is 258 g/mol. The highest BCUT2D eigenvalue weighted by Gasteiger charge is 2.15. The maximum atomic E-state index is 11.6. The Morgan fingerprint density at radius 2 is 1.90 bits per heavy atom. The number of aliphatic carboxylic acids is 1. The molecule has 6 nitrogen and oxygen atoms in total. The number of carboxylic acids is 1. The van der Waals surface area contributed by atoms with Crippen molar-refractivity contribution in [3.05, 3.63) is 0 Å². The zero-order chi connectivity index (χ0) is 15.5. The lowest BCUT2D eigenvalue weighted by atomic mass is 9.94. The van der Waals surface area contributed by atoms with Crippen LogP contribution in [0, 0.1) is 11.8 Å². The molecule has 2 amide bonds. The summed E-state index contributed by atoms with van der Waals surface area (Å²) in [5.74, 6) is -0.415. The fourth-order valence-corrected chi connectivity index (χ4v) is 1.97. The Morgan fingerprint density at radius 3 is 2.40 bits per heavy atom. The first-order valence-corrected chi connectivity index (χ1v) is 7.27. The number of nitrogens with zero attached hydrogens (tertiary/aromatic N) is 1. The molecule has 20 heavy (non-hydrogen) atoms. The fourth-order valence-electron chi connectivity index (χ4n) is 1.97. The van der Waals surface area contributed by atoms with Gasteiger partial charge in [-0.2, -0.15) is 0 Å². The summed E-state index contributed by atoms with van der Waals surface area (Å²) in [5, 5.41) is 14.4. The summed E-state index contributed by atoms with van der Waals surface area (Å²) < 4.78 is 0. The van der Waals surface area contributed by atoms with Gasteiger partial charge in [0.15, 0.2) is 0 Å². The number of carboxylic acid groups (broad SMARTS) is 1. The van der Waals surface area contributed by atoms with E-state index in [-0.39, 0.29) is 18.4 Å². The Bertz CT molecular complexity index is 295. The minimum Gasteiger partial charge on any atom is -0.481 e. The monoisotopic (exact) mass is 287 g/mol. The number of hydrogen-bond acceptors (Lipinski definition) is 3. The molecule has 1 unspecified atom stereocenters. The average molecular weight is 287 g/mol. The van der Waals surface area contributed by atoms with Gasteiger partial charge in [0.1, 0.15) is 0 Å². The van der Waals surface area contributed by atoms with Crippen molar-refractivity contribution in [2.45, 2.75) is 33.6 Å². The molecule has 0 spiro atoms. The number of nitrogens with one attached hydrogen (secondary N) is 2. The second-order valence-electron chi connectivity index (χ2n) is 5.63. The molecule has 0 aliphatic carbocycles. The Morgan fingerprint density at radius 1 is 1.25 bits per heavy atom. The SMILES string of the molecule is CCN(C)CCNC(=O)NCC(CC(=O)O)CC(C)C. The van der Waals surface area contributed by atoms with Gasteiger partial charge in [0.2, 0.25) is 0 Å². The van der Waals surface area contributed by atoms with E-state index in [1.807, 2.05) is 7.05 Å². The molecule has 0 aromatic heterocycles. The molecule has 6 heteroatoms. The molecule has 0 saturated carbocycles. The summed E-state index contributed by atoms with van der Waals surface area (Å²) in [6.45, 7) is 8.89. The number of urea groups is 1. The summed E-state index contributed by atoms with van der Waals surface area (Å²) >= 11 is 0. The van der Waals surface area contributed by atoms with Crippen LogP contribution in [-0.4, -0.2) is 55.2 Å². The minimum atomic E-state index is -0.817. The van der Waals surface area contributed by atoms with Crippen LogP contribution in [0.1, 0.15) is 33.6 Å². The summed E-state index contributed by atoms with van der Waals surface area (Å²) in [5.41, 5.74) is 0. The first-order valence-electron chi connectivity index (χ1n) is 7.27. The van der Waals surface area contributed by atoms with Gasteiger partial charge in [-0.25, -0.2) is 4.79 Å². The number of likely N-dealkylation sites (N-methyl/N-ethyl adjacent to an activating group) is 1. The Kier molecular flexibility index (Phi) is 9.80. The first-order chi connectivity index (χ1) is 9.35. The number of carbonyl (C=O) groups excluding carboxylic acids is 1. The second-order valence-corrected chi connectivity index (χ2v) is 5.63. The van der Waals surface area contributed by atoms with Gasteiger partial charge in [-0.15, -0.1) is 0 Å². The van der Waals surface area contributed by atoms with Crippen molar-refractivity contribution in [2.75, 3.05) is 33.2 Å². The molecule has 3 N–H and O–H groups in total. The van der Waals surface area contributed by atoms with Crippen molar-refractivity contribution in [3.63, 3.8) is 0 Å². The fraction of sp³-hybridized carbons (Fsp3) is 0.857. The first kappa shape index (κ1) is 18.7. The molecule has 0 aliphatic heterocycles. The van der Waals surface area contributed by atoms with Crippen molar-refractivity contribution in [1.29, 1.82) is 0 Å². The lowest BCUT2D eigenvalue weighted by Crippen LogP contribution is -2.41. The molecule has 0 bridgehead atoms. The van der Waals surface area contributed by atoms with Crippen LogP contribution in [0.25, 0.3) is 0 Å². The topological polar surface area (TPSA) is 81.7 Å². The van der Waals surface area contributed by atoms with E-state index in [9.17, 15) is 9.59 Å². The van der Waals surface area contributed by atoms with E-state index in [0.717, 1.165) is 19.5 Å². The molecular formula is C14H29N3O3. The van der Waals surface area contributed by atoms with E-state index in [1.165, 1.54) is 0 Å². The summed E-state index contributed by atoms with van der Waals surface area (Å²) in [6, 6.07) is -0.228. The minimum absolute atomic E-state index is 0.0171. The summed E-state index contributed by atoms with van der Waals surface area (Å²) in [4.78, 5) is 24.5. The largest absolute Gasteiger partial charge is 0.481 e. The Labute approximate surface area is 121 Å². The highest BCUT2D eigenvalue weighted by molar-refractivity contribution is 5.74. The van der Waals surface area contributed by atoms with Gasteiger partial charge in [0.25, 0.3) is 0 Å². The van der Waals surface area contributed by atoms with Crippen LogP contribution >= 0.6 is 0 Å². The van der Waals surface area contributed by atoms with Crippen molar-refractivity contribution >= 4 is 12.0 Å². The smallest absolute Gasteiger partial charge is 0.314 e. The zero-order valence-electron chi connectivity index (χ0n) is 13.1. The van der Waals surface area contributed by atoms with Gasteiger partial charge in [-0.05, 0) is 31.8 Å². The number of amides is 2. The van der Waals surface area contributed by atoms with Crippen LogP contribution < -0.4 is 10.6 Å². The lowest BCUT2D eigenvalue weighted by Gasteiger charge is -2.18. The maximum absolute atomic E-state index is 11.6. The predicted molar refractivity (Wildman–Crippen MR) is 79.8 cm³/mol. The molecule has 0 saturated heterocycles. The van der Waals surface area contributed by atoms with E-state index < -0.39 is 5.97 Å². The molecule has 118 valence electrons. The standard InChI is InChI=1S/C14H29N3O3/c1-5-17(4)7-6-15-14(20)16-10-12(8-11(2)3)9-13(18)19/h11-12H,5-10H2,1-4H3,(H,18,19)(H2,15,16,20). The molecule has 0 heterocycles. The van der Waals surface area contributed by atoms with Gasteiger partial charge >= 0.3 is 12.0 Å². The van der Waals surface area contributed by atoms with Gasteiger partial charge in [0.05, 0.1) is 0 Å². The second kappa shape index (κ2) is 10.5. The molecule has 0 aromatic carbocycles.